The van der Waals surface area contributed by atoms with E-state index < -0.39 is 0 Å². The second kappa shape index (κ2) is 9.88. The second-order valence-corrected chi connectivity index (χ2v) is 7.10. The normalized spacial score (nSPS) is 11.0. The van der Waals surface area contributed by atoms with Crippen molar-refractivity contribution in [2.24, 2.45) is 5.10 Å². The van der Waals surface area contributed by atoms with E-state index in [1.54, 1.807) is 13.1 Å². The van der Waals surface area contributed by atoms with Gasteiger partial charge in [-0.05, 0) is 37.3 Å². The molecule has 2 aromatic carbocycles. The zero-order valence-electron chi connectivity index (χ0n) is 15.9. The maximum absolute atomic E-state index is 12.0. The Morgan fingerprint density at radius 1 is 1.17 bits per heavy atom. The molecule has 0 atom stereocenters. The van der Waals surface area contributed by atoms with Crippen molar-refractivity contribution in [1.29, 1.82) is 0 Å². The number of carbonyl (C=O) groups is 2. The molecule has 3 rings (SSSR count). The van der Waals surface area contributed by atoms with Crippen LogP contribution in [0.2, 0.25) is 0 Å². The van der Waals surface area contributed by atoms with Gasteiger partial charge in [0.2, 0.25) is 0 Å². The molecule has 8 heteroatoms. The Labute approximate surface area is 176 Å². The van der Waals surface area contributed by atoms with Gasteiger partial charge in [-0.3, -0.25) is 9.59 Å². The minimum atomic E-state index is -0.302. The summed E-state index contributed by atoms with van der Waals surface area (Å²) in [5.74, 6) is -0.566. The highest BCUT2D eigenvalue weighted by molar-refractivity contribution is 9.10. The molecule has 1 aromatic heterocycles. The number of carbonyl (C=O) groups excluding carboxylic acids is 2. The number of nitrogens with one attached hydrogen (secondary N) is 2. The summed E-state index contributed by atoms with van der Waals surface area (Å²) in [7, 11) is 0. The van der Waals surface area contributed by atoms with Gasteiger partial charge in [0.1, 0.15) is 6.54 Å². The molecule has 0 unspecified atom stereocenters. The molecule has 0 aliphatic carbocycles. The highest BCUT2D eigenvalue weighted by atomic mass is 79.9. The van der Waals surface area contributed by atoms with E-state index in [1.165, 1.54) is 0 Å². The third-order valence-electron chi connectivity index (χ3n) is 4.11. The Bertz CT molecular complexity index is 1030. The van der Waals surface area contributed by atoms with Crippen molar-refractivity contribution in [3.63, 3.8) is 0 Å². The molecule has 0 fully saturated rings. The summed E-state index contributed by atoms with van der Waals surface area (Å²) in [6, 6.07) is 15.2. The average molecular weight is 457 g/mol. The molecule has 1 heterocycles. The van der Waals surface area contributed by atoms with Crippen LogP contribution in [0.5, 0.6) is 0 Å². The molecule has 0 spiro atoms. The van der Waals surface area contributed by atoms with Crippen LogP contribution in [0.4, 0.5) is 5.69 Å². The molecule has 0 aliphatic heterocycles. The first-order valence-electron chi connectivity index (χ1n) is 9.11. The average Bonchev–Trinajstić information content (AvgIpc) is 3.05. The topological polar surface area (TPSA) is 84.7 Å². The zero-order chi connectivity index (χ0) is 20.6. The molecule has 3 aromatic rings. The Balaban J connectivity index is 1.63. The fraction of sp³-hybridized carbons (Fsp3) is 0.190. The molecule has 2 N–H and O–H groups in total. The van der Waals surface area contributed by atoms with Gasteiger partial charge in [-0.1, -0.05) is 34.1 Å². The number of ether oxygens (including phenoxy) is 1. The van der Waals surface area contributed by atoms with E-state index in [4.69, 9.17) is 4.74 Å². The van der Waals surface area contributed by atoms with Crippen molar-refractivity contribution in [1.82, 2.24) is 9.99 Å². The summed E-state index contributed by atoms with van der Waals surface area (Å²) >= 11 is 3.37. The highest BCUT2D eigenvalue weighted by Gasteiger charge is 2.10. The quantitative estimate of drug-likeness (QED) is 0.308. The number of rotatable bonds is 8. The van der Waals surface area contributed by atoms with Gasteiger partial charge in [-0.2, -0.15) is 5.10 Å². The number of esters is 1. The lowest BCUT2D eigenvalue weighted by Gasteiger charge is -2.05. The minimum Gasteiger partial charge on any atom is -0.465 e. The summed E-state index contributed by atoms with van der Waals surface area (Å²) < 4.78 is 7.81. The van der Waals surface area contributed by atoms with Gasteiger partial charge >= 0.3 is 5.97 Å². The number of fused-ring (bicyclic) bond motifs is 1. The van der Waals surface area contributed by atoms with Gasteiger partial charge in [-0.15, -0.1) is 0 Å². The first kappa shape index (κ1) is 20.6. The van der Waals surface area contributed by atoms with Crippen molar-refractivity contribution in [3.8, 4) is 0 Å². The van der Waals surface area contributed by atoms with Crippen LogP contribution in [0, 0.1) is 0 Å². The highest BCUT2D eigenvalue weighted by Crippen LogP contribution is 2.20. The van der Waals surface area contributed by atoms with Gasteiger partial charge in [0.25, 0.3) is 5.91 Å². The maximum Gasteiger partial charge on any atom is 0.325 e. The van der Waals surface area contributed by atoms with Gasteiger partial charge in [0.15, 0.2) is 0 Å². The summed E-state index contributed by atoms with van der Waals surface area (Å²) in [5, 5.41) is 8.00. The van der Waals surface area contributed by atoms with Crippen LogP contribution in [0.3, 0.4) is 0 Å². The number of hydrogen-bond donors (Lipinski definition) is 2. The zero-order valence-corrected chi connectivity index (χ0v) is 17.5. The van der Waals surface area contributed by atoms with Crippen molar-refractivity contribution in [3.05, 3.63) is 64.8 Å². The van der Waals surface area contributed by atoms with Crippen LogP contribution in [0.25, 0.3) is 10.9 Å². The Morgan fingerprint density at radius 3 is 2.69 bits per heavy atom. The Morgan fingerprint density at radius 2 is 1.93 bits per heavy atom. The predicted molar refractivity (Wildman–Crippen MR) is 117 cm³/mol. The van der Waals surface area contributed by atoms with Crippen molar-refractivity contribution < 1.29 is 14.3 Å². The van der Waals surface area contributed by atoms with E-state index in [-0.39, 0.29) is 25.0 Å². The summed E-state index contributed by atoms with van der Waals surface area (Å²) in [6.45, 7) is 2.33. The molecule has 150 valence electrons. The van der Waals surface area contributed by atoms with Crippen molar-refractivity contribution in [2.75, 3.05) is 18.5 Å². The number of para-hydroxylation sites is 1. The Kier molecular flexibility index (Phi) is 7.02. The van der Waals surface area contributed by atoms with Crippen molar-refractivity contribution in [2.45, 2.75) is 13.5 Å². The van der Waals surface area contributed by atoms with E-state index in [0.717, 1.165) is 26.6 Å². The van der Waals surface area contributed by atoms with Crippen LogP contribution >= 0.6 is 15.9 Å². The van der Waals surface area contributed by atoms with Crippen LogP contribution in [-0.2, 0) is 20.9 Å². The molecule has 0 bridgehead atoms. The smallest absolute Gasteiger partial charge is 0.325 e. The van der Waals surface area contributed by atoms with Gasteiger partial charge in [-0.25, -0.2) is 5.43 Å². The number of anilines is 1. The molecule has 7 nitrogen and oxygen atoms in total. The van der Waals surface area contributed by atoms with Crippen LogP contribution in [0.1, 0.15) is 12.5 Å². The van der Waals surface area contributed by atoms with Gasteiger partial charge < -0.3 is 14.6 Å². The van der Waals surface area contributed by atoms with E-state index in [2.05, 4.69) is 31.8 Å². The Hall–Kier alpha value is -3.13. The molecule has 0 saturated heterocycles. The van der Waals surface area contributed by atoms with Crippen molar-refractivity contribution >= 4 is 50.6 Å². The predicted octanol–water partition coefficient (Wildman–Crippen LogP) is 3.53. The number of benzene rings is 2. The van der Waals surface area contributed by atoms with E-state index in [1.807, 2.05) is 59.3 Å². The first-order chi connectivity index (χ1) is 14.1. The molecule has 29 heavy (non-hydrogen) atoms. The van der Waals surface area contributed by atoms with Gasteiger partial charge in [0.05, 0.1) is 19.4 Å². The summed E-state index contributed by atoms with van der Waals surface area (Å²) in [4.78, 5) is 23.8. The molecular weight excluding hydrogens is 436 g/mol. The van der Waals surface area contributed by atoms with E-state index in [9.17, 15) is 9.59 Å². The van der Waals surface area contributed by atoms with Crippen LogP contribution in [0.15, 0.2) is 64.3 Å². The number of nitrogens with zero attached hydrogens (tertiary/aromatic N) is 2. The molecule has 0 saturated carbocycles. The number of hydrazone groups is 1. The standard InChI is InChI=1S/C21H21BrN4O3/c1-2-29-21(28)14-26-13-15(18-5-3-4-6-19(18)26)11-24-25-20(27)12-23-17-9-7-16(22)8-10-17/h3-11,13,23H,2,12,14H2,1H3,(H,25,27)/b24-11-. The van der Waals surface area contributed by atoms with Gasteiger partial charge in [0, 0.05) is 32.8 Å². The lowest BCUT2D eigenvalue weighted by atomic mass is 10.2. The second-order valence-electron chi connectivity index (χ2n) is 6.19. The fourth-order valence-electron chi connectivity index (χ4n) is 2.82. The summed E-state index contributed by atoms with van der Waals surface area (Å²) in [6.07, 6.45) is 3.39. The number of hydrogen-bond acceptors (Lipinski definition) is 5. The van der Waals surface area contributed by atoms with Crippen LogP contribution in [-0.4, -0.2) is 35.8 Å². The number of amides is 1. The van der Waals surface area contributed by atoms with E-state index in [0.29, 0.717) is 6.61 Å². The molecule has 0 radical (unpaired) electrons. The van der Waals surface area contributed by atoms with Crippen LogP contribution < -0.4 is 10.7 Å². The molecule has 1 amide bonds. The lowest BCUT2D eigenvalue weighted by Crippen LogP contribution is -2.25. The monoisotopic (exact) mass is 456 g/mol. The first-order valence-corrected chi connectivity index (χ1v) is 9.91. The fourth-order valence-corrected chi connectivity index (χ4v) is 3.08. The number of halogens is 1. The summed E-state index contributed by atoms with van der Waals surface area (Å²) in [5.41, 5.74) is 5.04. The number of aromatic nitrogens is 1. The third kappa shape index (κ3) is 5.68. The largest absolute Gasteiger partial charge is 0.465 e. The lowest BCUT2D eigenvalue weighted by molar-refractivity contribution is -0.143. The molecule has 0 aliphatic rings. The third-order valence-corrected chi connectivity index (χ3v) is 4.64. The molecular formula is C21H21BrN4O3. The maximum atomic E-state index is 12.0. The van der Waals surface area contributed by atoms with E-state index >= 15 is 0 Å². The minimum absolute atomic E-state index is 0.101. The SMILES string of the molecule is CCOC(=O)Cn1cc(/C=N\NC(=O)CNc2ccc(Br)cc2)c2ccccc21.